The van der Waals surface area contributed by atoms with E-state index in [-0.39, 0.29) is 23.7 Å². The molecule has 0 saturated carbocycles. The van der Waals surface area contributed by atoms with Crippen LogP contribution < -0.4 is 5.32 Å². The molecular formula is C11H19Br2NO2. The Morgan fingerprint density at radius 3 is 2.44 bits per heavy atom. The Labute approximate surface area is 114 Å². The lowest BCUT2D eigenvalue weighted by Gasteiger charge is -2.31. The molecule has 0 aromatic carbocycles. The number of ether oxygens (including phenoxy) is 1. The van der Waals surface area contributed by atoms with Gasteiger partial charge >= 0.3 is 0 Å². The van der Waals surface area contributed by atoms with Gasteiger partial charge in [-0.3, -0.25) is 4.79 Å². The minimum Gasteiger partial charge on any atom is -0.365 e. The van der Waals surface area contributed by atoms with Crippen molar-refractivity contribution in [2.45, 2.75) is 50.9 Å². The van der Waals surface area contributed by atoms with Crippen molar-refractivity contribution in [3.63, 3.8) is 0 Å². The molecule has 5 heteroatoms. The van der Waals surface area contributed by atoms with Crippen LogP contribution in [0.1, 0.15) is 33.1 Å². The van der Waals surface area contributed by atoms with Crippen LogP contribution in [-0.2, 0) is 9.53 Å². The first-order valence-electron chi connectivity index (χ1n) is 5.66. The molecule has 0 radical (unpaired) electrons. The molecule has 1 aliphatic heterocycles. The van der Waals surface area contributed by atoms with Crippen molar-refractivity contribution in [2.24, 2.45) is 0 Å². The molecule has 1 amide bonds. The van der Waals surface area contributed by atoms with Gasteiger partial charge < -0.3 is 10.1 Å². The van der Waals surface area contributed by atoms with Gasteiger partial charge in [0.1, 0.15) is 6.10 Å². The molecule has 2 atom stereocenters. The first kappa shape index (κ1) is 14.5. The number of carbonyl (C=O) groups is 1. The highest BCUT2D eigenvalue weighted by molar-refractivity contribution is 9.09. The quantitative estimate of drug-likeness (QED) is 0.769. The number of halogens is 2. The summed E-state index contributed by atoms with van der Waals surface area (Å²) in [7, 11) is 0. The Balaban J connectivity index is 2.55. The van der Waals surface area contributed by atoms with Gasteiger partial charge in [0.25, 0.3) is 0 Å². The van der Waals surface area contributed by atoms with Crippen molar-refractivity contribution >= 4 is 37.8 Å². The number of carbonyl (C=O) groups excluding carboxylic acids is 1. The summed E-state index contributed by atoms with van der Waals surface area (Å²) < 4.78 is 5.56. The van der Waals surface area contributed by atoms with Crippen LogP contribution in [-0.4, -0.2) is 34.3 Å². The highest BCUT2D eigenvalue weighted by Crippen LogP contribution is 2.22. The van der Waals surface area contributed by atoms with Gasteiger partial charge in [0.15, 0.2) is 0 Å². The normalized spacial score (nSPS) is 25.8. The molecule has 1 aliphatic rings. The van der Waals surface area contributed by atoms with Crippen LogP contribution in [0.25, 0.3) is 0 Å². The second-order valence-corrected chi connectivity index (χ2v) is 5.52. The minimum atomic E-state index is -0.265. The van der Waals surface area contributed by atoms with Gasteiger partial charge in [0.05, 0.1) is 11.6 Å². The van der Waals surface area contributed by atoms with E-state index in [4.69, 9.17) is 4.74 Å². The first-order valence-corrected chi connectivity index (χ1v) is 7.90. The Bertz CT molecular complexity index is 236. The number of rotatable bonds is 5. The maximum Gasteiger partial charge on any atom is 0.249 e. The molecule has 0 spiro atoms. The molecule has 1 fully saturated rings. The van der Waals surface area contributed by atoms with Crippen LogP contribution in [0.2, 0.25) is 0 Å². The van der Waals surface area contributed by atoms with E-state index in [1.54, 1.807) is 0 Å². The third-order valence-corrected chi connectivity index (χ3v) is 5.25. The average Bonchev–Trinajstić information content (AvgIpc) is 2.73. The Morgan fingerprint density at radius 1 is 1.44 bits per heavy atom. The van der Waals surface area contributed by atoms with Gasteiger partial charge in [-0.25, -0.2) is 0 Å². The lowest BCUT2D eigenvalue weighted by atomic mass is 10.0. The summed E-state index contributed by atoms with van der Waals surface area (Å²) in [6.07, 6.45) is 2.63. The summed E-state index contributed by atoms with van der Waals surface area (Å²) in [5.74, 6) is 0.0186. The molecule has 1 N–H and O–H groups in total. The third-order valence-electron chi connectivity index (χ3n) is 3.10. The Morgan fingerprint density at radius 2 is 2.06 bits per heavy atom. The van der Waals surface area contributed by atoms with Gasteiger partial charge in [-0.2, -0.15) is 0 Å². The van der Waals surface area contributed by atoms with Crippen LogP contribution in [0.5, 0.6) is 0 Å². The predicted octanol–water partition coefficient (Wildman–Crippen LogP) is 2.61. The standard InChI is InChI=1S/C11H19Br2NO2/c1-3-11(6-12,7-13)14-10(15)9-5-4-8(2)16-9/h8-9H,3-7H2,1-2H3,(H,14,15). The van der Waals surface area contributed by atoms with Crippen LogP contribution in [0.4, 0.5) is 0 Å². The van der Waals surface area contributed by atoms with E-state index in [2.05, 4.69) is 44.1 Å². The number of nitrogens with one attached hydrogen (secondary N) is 1. The van der Waals surface area contributed by atoms with E-state index in [1.165, 1.54) is 0 Å². The molecule has 1 saturated heterocycles. The van der Waals surface area contributed by atoms with Crippen molar-refractivity contribution in [1.29, 1.82) is 0 Å². The lowest BCUT2D eigenvalue weighted by Crippen LogP contribution is -2.54. The zero-order valence-electron chi connectivity index (χ0n) is 9.76. The number of hydrogen-bond acceptors (Lipinski definition) is 2. The first-order chi connectivity index (χ1) is 7.56. The molecule has 0 aliphatic carbocycles. The van der Waals surface area contributed by atoms with Gasteiger partial charge in [-0.15, -0.1) is 0 Å². The maximum atomic E-state index is 12.0. The third kappa shape index (κ3) is 3.44. The molecule has 0 aromatic heterocycles. The van der Waals surface area contributed by atoms with Crippen molar-refractivity contribution < 1.29 is 9.53 Å². The van der Waals surface area contributed by atoms with E-state index >= 15 is 0 Å². The van der Waals surface area contributed by atoms with Gasteiger partial charge in [0, 0.05) is 10.7 Å². The lowest BCUT2D eigenvalue weighted by molar-refractivity contribution is -0.133. The van der Waals surface area contributed by atoms with Crippen LogP contribution in [0.15, 0.2) is 0 Å². The highest BCUT2D eigenvalue weighted by atomic mass is 79.9. The number of alkyl halides is 2. The zero-order valence-corrected chi connectivity index (χ0v) is 12.9. The van der Waals surface area contributed by atoms with E-state index < -0.39 is 0 Å². The van der Waals surface area contributed by atoms with Crippen molar-refractivity contribution in [3.05, 3.63) is 0 Å². The summed E-state index contributed by atoms with van der Waals surface area (Å²) in [6.45, 7) is 4.08. The zero-order chi connectivity index (χ0) is 12.2. The molecule has 3 nitrogen and oxygen atoms in total. The maximum absolute atomic E-state index is 12.0. The SMILES string of the molecule is CCC(CBr)(CBr)NC(=O)C1CCC(C)O1. The van der Waals surface area contributed by atoms with Crippen molar-refractivity contribution in [2.75, 3.05) is 10.7 Å². The number of hydrogen-bond donors (Lipinski definition) is 1. The van der Waals surface area contributed by atoms with Crippen LogP contribution >= 0.6 is 31.9 Å². The molecular weight excluding hydrogens is 338 g/mol. The highest BCUT2D eigenvalue weighted by Gasteiger charge is 2.34. The van der Waals surface area contributed by atoms with E-state index in [9.17, 15) is 4.79 Å². The average molecular weight is 357 g/mol. The van der Waals surface area contributed by atoms with E-state index in [0.29, 0.717) is 0 Å². The fraction of sp³-hybridized carbons (Fsp3) is 0.909. The van der Waals surface area contributed by atoms with Crippen LogP contribution in [0, 0.1) is 0 Å². The molecule has 0 aromatic rings. The minimum absolute atomic E-state index is 0.0186. The fourth-order valence-corrected chi connectivity index (χ4v) is 3.72. The smallest absolute Gasteiger partial charge is 0.249 e. The monoisotopic (exact) mass is 355 g/mol. The fourth-order valence-electron chi connectivity index (χ4n) is 1.72. The summed E-state index contributed by atoms with van der Waals surface area (Å²) in [5, 5.41) is 4.58. The molecule has 2 unspecified atom stereocenters. The predicted molar refractivity (Wildman–Crippen MR) is 72.3 cm³/mol. The summed E-state index contributed by atoms with van der Waals surface area (Å²) in [4.78, 5) is 12.0. The summed E-state index contributed by atoms with van der Waals surface area (Å²) in [5.41, 5.74) is -0.202. The second-order valence-electron chi connectivity index (χ2n) is 4.40. The molecule has 16 heavy (non-hydrogen) atoms. The number of amides is 1. The molecule has 1 rings (SSSR count). The van der Waals surface area contributed by atoms with E-state index in [0.717, 1.165) is 29.9 Å². The van der Waals surface area contributed by atoms with Gasteiger partial charge in [-0.05, 0) is 26.2 Å². The topological polar surface area (TPSA) is 38.3 Å². The molecule has 94 valence electrons. The van der Waals surface area contributed by atoms with Crippen LogP contribution in [0.3, 0.4) is 0 Å². The Hall–Kier alpha value is 0.390. The van der Waals surface area contributed by atoms with Crippen molar-refractivity contribution in [1.82, 2.24) is 5.32 Å². The Kier molecular flexibility index (Phi) is 5.74. The molecule has 1 heterocycles. The van der Waals surface area contributed by atoms with Gasteiger partial charge in [0.2, 0.25) is 5.91 Å². The summed E-state index contributed by atoms with van der Waals surface area (Å²) >= 11 is 6.91. The van der Waals surface area contributed by atoms with E-state index in [1.807, 2.05) is 6.92 Å². The van der Waals surface area contributed by atoms with Gasteiger partial charge in [-0.1, -0.05) is 38.8 Å². The largest absolute Gasteiger partial charge is 0.365 e. The van der Waals surface area contributed by atoms with Crippen molar-refractivity contribution in [3.8, 4) is 0 Å². The molecule has 0 bridgehead atoms. The summed E-state index contributed by atoms with van der Waals surface area (Å²) in [6, 6.07) is 0. The second kappa shape index (κ2) is 6.36.